The van der Waals surface area contributed by atoms with E-state index in [1.165, 1.54) is 7.11 Å². The quantitative estimate of drug-likeness (QED) is 0.714. The summed E-state index contributed by atoms with van der Waals surface area (Å²) < 4.78 is 17.2. The van der Waals surface area contributed by atoms with Gasteiger partial charge in [-0.25, -0.2) is 14.4 Å². The lowest BCUT2D eigenvalue weighted by Crippen LogP contribution is -2.30. The van der Waals surface area contributed by atoms with Gasteiger partial charge >= 0.3 is 5.97 Å². The molecule has 5 nitrogen and oxygen atoms in total. The molecule has 0 aromatic carbocycles. The molecule has 0 aliphatic rings. The second kappa shape index (κ2) is 5.39. The molecular weight excluding hydrogens is 213 g/mol. The monoisotopic (exact) mass is 227 g/mol. The van der Waals surface area contributed by atoms with E-state index < -0.39 is 5.82 Å². The summed E-state index contributed by atoms with van der Waals surface area (Å²) in [6.45, 7) is 2.16. The van der Waals surface area contributed by atoms with Crippen molar-refractivity contribution in [1.82, 2.24) is 9.97 Å². The zero-order valence-corrected chi connectivity index (χ0v) is 9.48. The highest BCUT2D eigenvalue weighted by Gasteiger charge is 2.16. The van der Waals surface area contributed by atoms with Gasteiger partial charge in [0.2, 0.25) is 5.95 Å². The molecule has 6 heteroatoms. The fraction of sp³-hybridized carbons (Fsp3) is 0.500. The fourth-order valence-electron chi connectivity index (χ4n) is 1.27. The largest absolute Gasteiger partial charge is 0.469 e. The van der Waals surface area contributed by atoms with Crippen LogP contribution in [0.3, 0.4) is 0 Å². The van der Waals surface area contributed by atoms with Gasteiger partial charge in [0.1, 0.15) is 0 Å². The van der Waals surface area contributed by atoms with Crippen LogP contribution in [-0.4, -0.2) is 36.6 Å². The van der Waals surface area contributed by atoms with Gasteiger partial charge < -0.3 is 9.64 Å². The van der Waals surface area contributed by atoms with Crippen LogP contribution in [0.1, 0.15) is 6.92 Å². The van der Waals surface area contributed by atoms with Crippen molar-refractivity contribution in [3.63, 3.8) is 0 Å². The van der Waals surface area contributed by atoms with Crippen molar-refractivity contribution >= 4 is 11.9 Å². The van der Waals surface area contributed by atoms with Gasteiger partial charge in [0.25, 0.3) is 0 Å². The maximum absolute atomic E-state index is 12.6. The molecule has 0 spiro atoms. The van der Waals surface area contributed by atoms with Gasteiger partial charge in [0.05, 0.1) is 25.4 Å². The summed E-state index contributed by atoms with van der Waals surface area (Å²) in [6, 6.07) is 0. The third-order valence-corrected chi connectivity index (χ3v) is 2.10. The summed E-state index contributed by atoms with van der Waals surface area (Å²) in [6.07, 6.45) is 2.17. The van der Waals surface area contributed by atoms with Gasteiger partial charge in [-0.15, -0.1) is 0 Å². The number of ether oxygens (including phenoxy) is 1. The number of esters is 1. The van der Waals surface area contributed by atoms with Crippen molar-refractivity contribution < 1.29 is 13.9 Å². The number of methoxy groups -OCH3 is 1. The van der Waals surface area contributed by atoms with Crippen molar-refractivity contribution in [2.45, 2.75) is 6.92 Å². The van der Waals surface area contributed by atoms with E-state index in [4.69, 9.17) is 0 Å². The number of aromatic nitrogens is 2. The summed E-state index contributed by atoms with van der Waals surface area (Å²) in [4.78, 5) is 20.5. The maximum Gasteiger partial charge on any atom is 0.310 e. The molecule has 0 bridgehead atoms. The Morgan fingerprint density at radius 2 is 2.12 bits per heavy atom. The Balaban J connectivity index is 2.61. The van der Waals surface area contributed by atoms with E-state index in [2.05, 4.69) is 14.7 Å². The summed E-state index contributed by atoms with van der Waals surface area (Å²) in [7, 11) is 3.07. The smallest absolute Gasteiger partial charge is 0.310 e. The van der Waals surface area contributed by atoms with E-state index in [-0.39, 0.29) is 11.9 Å². The van der Waals surface area contributed by atoms with Crippen molar-refractivity contribution in [2.24, 2.45) is 5.92 Å². The van der Waals surface area contributed by atoms with Gasteiger partial charge in [-0.3, -0.25) is 4.79 Å². The van der Waals surface area contributed by atoms with Gasteiger partial charge in [0.15, 0.2) is 5.82 Å². The summed E-state index contributed by atoms with van der Waals surface area (Å²) in [5, 5.41) is 0. The van der Waals surface area contributed by atoms with Crippen molar-refractivity contribution in [2.75, 3.05) is 25.6 Å². The molecule has 1 atom stereocenters. The maximum atomic E-state index is 12.6. The Morgan fingerprint density at radius 1 is 1.56 bits per heavy atom. The van der Waals surface area contributed by atoms with E-state index in [9.17, 15) is 9.18 Å². The van der Waals surface area contributed by atoms with Crippen LogP contribution in [0.5, 0.6) is 0 Å². The molecule has 0 saturated carbocycles. The zero-order chi connectivity index (χ0) is 12.1. The highest BCUT2D eigenvalue weighted by molar-refractivity contribution is 5.72. The van der Waals surface area contributed by atoms with Crippen LogP contribution in [0.25, 0.3) is 0 Å². The lowest BCUT2D eigenvalue weighted by molar-refractivity contribution is -0.144. The number of hydrogen-bond acceptors (Lipinski definition) is 5. The van der Waals surface area contributed by atoms with Crippen LogP contribution >= 0.6 is 0 Å². The minimum Gasteiger partial charge on any atom is -0.469 e. The Labute approximate surface area is 93.3 Å². The van der Waals surface area contributed by atoms with E-state index in [1.807, 2.05) is 0 Å². The molecule has 1 aromatic rings. The molecule has 0 radical (unpaired) electrons. The Bertz CT molecular complexity index is 356. The molecule has 0 aliphatic heterocycles. The lowest BCUT2D eigenvalue weighted by atomic mass is 10.2. The molecule has 88 valence electrons. The molecule has 1 heterocycles. The Kier molecular flexibility index (Phi) is 4.16. The molecule has 0 fully saturated rings. The summed E-state index contributed by atoms with van der Waals surface area (Å²) in [5.41, 5.74) is 0. The van der Waals surface area contributed by atoms with E-state index >= 15 is 0 Å². The lowest BCUT2D eigenvalue weighted by Gasteiger charge is -2.19. The van der Waals surface area contributed by atoms with Gasteiger partial charge in [-0.05, 0) is 0 Å². The topological polar surface area (TPSA) is 55.3 Å². The van der Waals surface area contributed by atoms with Crippen LogP contribution in [0.15, 0.2) is 12.4 Å². The summed E-state index contributed by atoms with van der Waals surface area (Å²) >= 11 is 0. The first-order valence-electron chi connectivity index (χ1n) is 4.81. The second-order valence-electron chi connectivity index (χ2n) is 3.51. The van der Waals surface area contributed by atoms with Gasteiger partial charge in [-0.1, -0.05) is 6.92 Å². The van der Waals surface area contributed by atoms with E-state index in [0.717, 1.165) is 12.4 Å². The highest BCUT2D eigenvalue weighted by Crippen LogP contribution is 2.08. The zero-order valence-electron chi connectivity index (χ0n) is 9.48. The van der Waals surface area contributed by atoms with Crippen LogP contribution < -0.4 is 4.90 Å². The average Bonchev–Trinajstić information content (AvgIpc) is 2.28. The highest BCUT2D eigenvalue weighted by atomic mass is 19.1. The van der Waals surface area contributed by atoms with Gasteiger partial charge in [0, 0.05) is 13.6 Å². The minimum absolute atomic E-state index is 0.288. The number of anilines is 1. The molecule has 0 unspecified atom stereocenters. The molecule has 1 aromatic heterocycles. The predicted molar refractivity (Wildman–Crippen MR) is 56.4 cm³/mol. The third kappa shape index (κ3) is 3.15. The van der Waals surface area contributed by atoms with Crippen molar-refractivity contribution in [3.8, 4) is 0 Å². The van der Waals surface area contributed by atoms with E-state index in [1.54, 1.807) is 18.9 Å². The molecule has 16 heavy (non-hydrogen) atoms. The Morgan fingerprint density at radius 3 is 2.62 bits per heavy atom. The Hall–Kier alpha value is -1.72. The minimum atomic E-state index is -0.488. The second-order valence-corrected chi connectivity index (χ2v) is 3.51. The molecule has 1 rings (SSSR count). The van der Waals surface area contributed by atoms with Crippen LogP contribution in [0.4, 0.5) is 10.3 Å². The molecule has 0 saturated heterocycles. The van der Waals surface area contributed by atoms with Crippen LogP contribution in [0, 0.1) is 11.7 Å². The predicted octanol–water partition coefficient (Wildman–Crippen LogP) is 0.861. The van der Waals surface area contributed by atoms with E-state index in [0.29, 0.717) is 12.5 Å². The number of hydrogen-bond donors (Lipinski definition) is 0. The normalized spacial score (nSPS) is 12.0. The third-order valence-electron chi connectivity index (χ3n) is 2.10. The first kappa shape index (κ1) is 12.4. The first-order chi connectivity index (χ1) is 7.54. The number of nitrogens with zero attached hydrogens (tertiary/aromatic N) is 3. The standard InChI is InChI=1S/C10H14FN3O2/c1-7(9(15)16-3)6-14(2)10-12-4-8(11)5-13-10/h4-5,7H,6H2,1-3H3/t7-/m0/s1. The first-order valence-corrected chi connectivity index (χ1v) is 4.81. The van der Waals surface area contributed by atoms with Crippen LogP contribution in [-0.2, 0) is 9.53 Å². The molecule has 0 N–H and O–H groups in total. The fourth-order valence-corrected chi connectivity index (χ4v) is 1.27. The SMILES string of the molecule is COC(=O)[C@@H](C)CN(C)c1ncc(F)cn1. The number of rotatable bonds is 4. The van der Waals surface area contributed by atoms with Crippen LogP contribution in [0.2, 0.25) is 0 Å². The number of halogens is 1. The average molecular weight is 227 g/mol. The van der Waals surface area contributed by atoms with Crippen molar-refractivity contribution in [1.29, 1.82) is 0 Å². The van der Waals surface area contributed by atoms with Crippen molar-refractivity contribution in [3.05, 3.63) is 18.2 Å². The van der Waals surface area contributed by atoms with Gasteiger partial charge in [-0.2, -0.15) is 0 Å². The molecule has 0 aliphatic carbocycles. The molecule has 0 amide bonds. The summed E-state index contributed by atoms with van der Waals surface area (Å²) in [5.74, 6) is -0.701. The number of carbonyl (C=O) groups is 1. The molecular formula is C10H14FN3O2. The number of carbonyl (C=O) groups excluding carboxylic acids is 1.